The summed E-state index contributed by atoms with van der Waals surface area (Å²) in [5, 5.41) is 6.88. The van der Waals surface area contributed by atoms with Crippen LogP contribution in [0.15, 0.2) is 24.4 Å². The molecule has 0 saturated carbocycles. The first-order valence-corrected chi connectivity index (χ1v) is 7.13. The molecule has 1 N–H and O–H groups in total. The lowest BCUT2D eigenvalue weighted by Gasteiger charge is -2.05. The summed E-state index contributed by atoms with van der Waals surface area (Å²) in [5.74, 6) is 0.231. The first-order valence-electron chi connectivity index (χ1n) is 7.13. The van der Waals surface area contributed by atoms with Crippen molar-refractivity contribution in [3.8, 4) is 0 Å². The molecule has 1 aliphatic heterocycles. The number of Topliss-reactive ketones (excluding diaryl/α,β-unsaturated/α-hetero) is 1. The molecular weight excluding hydrogens is 248 g/mol. The Labute approximate surface area is 116 Å². The van der Waals surface area contributed by atoms with Crippen LogP contribution in [-0.4, -0.2) is 10.4 Å². The Morgan fingerprint density at radius 3 is 3.10 bits per heavy atom. The van der Waals surface area contributed by atoms with Gasteiger partial charge in [0.15, 0.2) is 5.78 Å². The quantitative estimate of drug-likeness (QED) is 0.901. The maximum absolute atomic E-state index is 11.9. The molecule has 2 heterocycles. The first kappa shape index (κ1) is 11.5. The molecule has 1 aliphatic carbocycles. The molecule has 1 aromatic carbocycles. The predicted molar refractivity (Wildman–Crippen MR) is 82.1 cm³/mol. The Hall–Kier alpha value is -2.29. The highest BCUT2D eigenvalue weighted by Gasteiger charge is 2.20. The highest BCUT2D eigenvalue weighted by Crippen LogP contribution is 2.23. The molecule has 3 nitrogen and oxygen atoms in total. The maximum atomic E-state index is 11.9. The number of rotatable bonds is 2. The van der Waals surface area contributed by atoms with Gasteiger partial charge >= 0.3 is 0 Å². The van der Waals surface area contributed by atoms with Gasteiger partial charge in [-0.05, 0) is 35.9 Å². The van der Waals surface area contributed by atoms with Gasteiger partial charge in [-0.1, -0.05) is 13.0 Å². The van der Waals surface area contributed by atoms with Crippen molar-refractivity contribution in [3.63, 3.8) is 0 Å². The van der Waals surface area contributed by atoms with Gasteiger partial charge in [0.05, 0.1) is 16.6 Å². The largest absolute Gasteiger partial charge is 0.359 e. The summed E-state index contributed by atoms with van der Waals surface area (Å²) in [6.07, 6.45) is 9.81. The highest BCUT2D eigenvalue weighted by molar-refractivity contribution is 6.09. The minimum atomic E-state index is 0.231. The zero-order valence-corrected chi connectivity index (χ0v) is 11.4. The Bertz CT molecular complexity index is 884. The molecule has 100 valence electrons. The first-order chi connectivity index (χ1) is 9.81. The standard InChI is InChI=1S/C17H16N2O/c1-2-10-19-13-7-5-11-12(6-8-15(11)20)16(13)17-14(19)4-3-9-18-17/h3-7,9,18H,2,8,10H2,1H3. The van der Waals surface area contributed by atoms with E-state index < -0.39 is 0 Å². The number of benzene rings is 1. The number of allylic oxidation sites excluding steroid dienone is 1. The van der Waals surface area contributed by atoms with Crippen molar-refractivity contribution in [1.29, 1.82) is 0 Å². The number of hydrogen-bond acceptors (Lipinski definition) is 2. The number of nitrogens with zero attached hydrogens (tertiary/aromatic N) is 1. The topological polar surface area (TPSA) is 34.0 Å². The molecule has 0 amide bonds. The van der Waals surface area contributed by atoms with Gasteiger partial charge in [0, 0.05) is 30.1 Å². The number of fused-ring (bicyclic) bond motifs is 5. The molecule has 3 heteroatoms. The van der Waals surface area contributed by atoms with E-state index in [9.17, 15) is 4.79 Å². The van der Waals surface area contributed by atoms with Crippen LogP contribution in [0.3, 0.4) is 0 Å². The fourth-order valence-electron chi connectivity index (χ4n) is 3.30. The lowest BCUT2D eigenvalue weighted by atomic mass is 10.1. The molecule has 0 fully saturated rings. The summed E-state index contributed by atoms with van der Waals surface area (Å²) in [7, 11) is 0. The third-order valence-corrected chi connectivity index (χ3v) is 4.13. The normalized spacial score (nSPS) is 15.6. The van der Waals surface area contributed by atoms with Crippen molar-refractivity contribution in [2.75, 3.05) is 5.32 Å². The lowest BCUT2D eigenvalue weighted by molar-refractivity contribution is 0.100. The van der Waals surface area contributed by atoms with Gasteiger partial charge < -0.3 is 9.88 Å². The summed E-state index contributed by atoms with van der Waals surface area (Å²) < 4.78 is 2.35. The number of carbonyl (C=O) groups excluding carboxylic acids is 1. The number of aryl methyl sites for hydroxylation is 1. The van der Waals surface area contributed by atoms with Crippen LogP contribution in [0.1, 0.15) is 30.1 Å². The number of anilines is 1. The Morgan fingerprint density at radius 1 is 1.35 bits per heavy atom. The average molecular weight is 264 g/mol. The summed E-state index contributed by atoms with van der Waals surface area (Å²) in [6.45, 7) is 3.18. The molecule has 0 spiro atoms. The monoisotopic (exact) mass is 264 g/mol. The van der Waals surface area contributed by atoms with E-state index in [0.29, 0.717) is 6.42 Å². The van der Waals surface area contributed by atoms with E-state index in [1.807, 2.05) is 18.3 Å². The van der Waals surface area contributed by atoms with Crippen molar-refractivity contribution < 1.29 is 4.79 Å². The third kappa shape index (κ3) is 1.38. The smallest absolute Gasteiger partial charge is 0.167 e. The van der Waals surface area contributed by atoms with Crippen molar-refractivity contribution in [1.82, 2.24) is 4.57 Å². The van der Waals surface area contributed by atoms with Crippen LogP contribution in [0.2, 0.25) is 0 Å². The van der Waals surface area contributed by atoms with Gasteiger partial charge in [0.2, 0.25) is 0 Å². The number of ketones is 1. The van der Waals surface area contributed by atoms with Gasteiger partial charge in [-0.25, -0.2) is 0 Å². The van der Waals surface area contributed by atoms with Gasteiger partial charge in [-0.2, -0.15) is 0 Å². The van der Waals surface area contributed by atoms with Crippen molar-refractivity contribution in [2.45, 2.75) is 26.3 Å². The molecule has 0 saturated heterocycles. The van der Waals surface area contributed by atoms with Gasteiger partial charge in [-0.15, -0.1) is 0 Å². The zero-order chi connectivity index (χ0) is 13.7. The number of hydrogen-bond donors (Lipinski definition) is 1. The van der Waals surface area contributed by atoms with Crippen LogP contribution in [0, 0.1) is 0 Å². The van der Waals surface area contributed by atoms with Gasteiger partial charge in [0.25, 0.3) is 0 Å². The fraction of sp³-hybridized carbons (Fsp3) is 0.235. The number of nitrogens with one attached hydrogen (secondary N) is 1. The minimum absolute atomic E-state index is 0.231. The maximum Gasteiger partial charge on any atom is 0.167 e. The molecule has 20 heavy (non-hydrogen) atoms. The molecule has 4 rings (SSSR count). The van der Waals surface area contributed by atoms with E-state index >= 15 is 0 Å². The molecule has 2 aromatic rings. The van der Waals surface area contributed by atoms with Crippen LogP contribution in [0.5, 0.6) is 0 Å². The second-order valence-electron chi connectivity index (χ2n) is 5.33. The fourth-order valence-corrected chi connectivity index (χ4v) is 3.30. The number of carbonyl (C=O) groups is 1. The van der Waals surface area contributed by atoms with Crippen LogP contribution in [0.25, 0.3) is 23.1 Å². The molecule has 0 bridgehead atoms. The van der Waals surface area contributed by atoms with E-state index in [0.717, 1.165) is 29.4 Å². The predicted octanol–water partition coefficient (Wildman–Crippen LogP) is 2.14. The van der Waals surface area contributed by atoms with E-state index in [4.69, 9.17) is 0 Å². The second-order valence-corrected chi connectivity index (χ2v) is 5.33. The Morgan fingerprint density at radius 2 is 2.25 bits per heavy atom. The highest BCUT2D eigenvalue weighted by atomic mass is 16.1. The summed E-state index contributed by atoms with van der Waals surface area (Å²) in [5.41, 5.74) is 3.22. The SMILES string of the molecule is CCCn1c2c(c3c4c(ccc31)C(=O)CC=4)NC=CC=2. The second kappa shape index (κ2) is 4.10. The van der Waals surface area contributed by atoms with E-state index in [2.05, 4.69) is 35.0 Å². The van der Waals surface area contributed by atoms with Crippen LogP contribution in [-0.2, 0) is 6.54 Å². The Kier molecular flexibility index (Phi) is 2.36. The van der Waals surface area contributed by atoms with E-state index in [-0.39, 0.29) is 5.78 Å². The van der Waals surface area contributed by atoms with Gasteiger partial charge in [-0.3, -0.25) is 4.79 Å². The average Bonchev–Trinajstić information content (AvgIpc) is 3.00. The van der Waals surface area contributed by atoms with Crippen molar-refractivity contribution >= 4 is 34.5 Å². The van der Waals surface area contributed by atoms with Crippen LogP contribution < -0.4 is 15.9 Å². The minimum Gasteiger partial charge on any atom is -0.359 e. The molecule has 1 aromatic heterocycles. The van der Waals surface area contributed by atoms with Crippen molar-refractivity contribution in [2.24, 2.45) is 0 Å². The molecule has 0 unspecified atom stereocenters. The van der Waals surface area contributed by atoms with Crippen LogP contribution >= 0.6 is 0 Å². The Balaban J connectivity index is 2.20. The molecular formula is C17H16N2O. The van der Waals surface area contributed by atoms with Crippen molar-refractivity contribution in [3.05, 3.63) is 40.5 Å². The molecule has 0 atom stereocenters. The molecule has 2 aliphatic rings. The van der Waals surface area contributed by atoms with E-state index in [1.165, 1.54) is 16.3 Å². The lowest BCUT2D eigenvalue weighted by Crippen LogP contribution is -2.19. The van der Waals surface area contributed by atoms with Gasteiger partial charge in [0.1, 0.15) is 0 Å². The van der Waals surface area contributed by atoms with Crippen LogP contribution in [0.4, 0.5) is 5.69 Å². The summed E-state index contributed by atoms with van der Waals surface area (Å²) in [6, 6.07) is 4.07. The molecule has 0 radical (unpaired) electrons. The summed E-state index contributed by atoms with van der Waals surface area (Å²) >= 11 is 0. The summed E-state index contributed by atoms with van der Waals surface area (Å²) in [4.78, 5) is 11.9. The zero-order valence-electron chi connectivity index (χ0n) is 11.4. The third-order valence-electron chi connectivity index (χ3n) is 4.13. The number of aromatic nitrogens is 1. The van der Waals surface area contributed by atoms with E-state index in [1.54, 1.807) is 0 Å².